The number of hydrogen-bond acceptors (Lipinski definition) is 6. The van der Waals surface area contributed by atoms with Gasteiger partial charge in [0.1, 0.15) is 18.6 Å². The molecule has 0 radical (unpaired) electrons. The molecule has 0 atom stereocenters. The van der Waals surface area contributed by atoms with E-state index in [0.717, 1.165) is 0 Å². The maximum atomic E-state index is 11.5. The van der Waals surface area contributed by atoms with Gasteiger partial charge in [0, 0.05) is 12.6 Å². The molecule has 1 rings (SSSR count). The fourth-order valence-corrected chi connectivity index (χ4v) is 1.68. The molecule has 0 unspecified atom stereocenters. The summed E-state index contributed by atoms with van der Waals surface area (Å²) in [5.41, 5.74) is 0.591. The summed E-state index contributed by atoms with van der Waals surface area (Å²) >= 11 is 0. The number of carbonyl (C=O) groups is 1. The molecule has 1 heterocycles. The number of likely N-dealkylation sites (N-methyl/N-ethyl adjacent to an activating group) is 1. The lowest BCUT2D eigenvalue weighted by Crippen LogP contribution is -2.32. The van der Waals surface area contributed by atoms with E-state index in [-0.39, 0.29) is 18.2 Å². The standard InChI is InChI=1S/C12H17N3O4/c1-4-14(8-11(16)19-5-2)12-9(3)6-10(7-13-12)15(17)18/h6-7H,4-5,8H2,1-3H3. The van der Waals surface area contributed by atoms with Crippen molar-refractivity contribution in [2.24, 2.45) is 0 Å². The van der Waals surface area contributed by atoms with Crippen LogP contribution in [0, 0.1) is 17.0 Å². The number of esters is 1. The molecule has 0 aromatic carbocycles. The molecule has 1 aromatic heterocycles. The van der Waals surface area contributed by atoms with Crippen molar-refractivity contribution >= 4 is 17.5 Å². The Bertz CT molecular complexity index is 476. The minimum Gasteiger partial charge on any atom is -0.465 e. The molecule has 0 aliphatic heterocycles. The van der Waals surface area contributed by atoms with Crippen LogP contribution in [0.1, 0.15) is 19.4 Å². The summed E-state index contributed by atoms with van der Waals surface area (Å²) in [6.45, 7) is 6.30. The number of ether oxygens (including phenoxy) is 1. The first kappa shape index (κ1) is 14.9. The number of aryl methyl sites for hydroxylation is 1. The van der Waals surface area contributed by atoms with Gasteiger partial charge in [-0.05, 0) is 26.3 Å². The highest BCUT2D eigenvalue weighted by atomic mass is 16.6. The first-order valence-corrected chi connectivity index (χ1v) is 6.01. The fourth-order valence-electron chi connectivity index (χ4n) is 1.68. The van der Waals surface area contributed by atoms with E-state index < -0.39 is 4.92 Å². The lowest BCUT2D eigenvalue weighted by molar-refractivity contribution is -0.385. The minimum absolute atomic E-state index is 0.0616. The molecular weight excluding hydrogens is 250 g/mol. The predicted octanol–water partition coefficient (Wildman–Crippen LogP) is 1.69. The highest BCUT2D eigenvalue weighted by Gasteiger charge is 2.16. The third kappa shape index (κ3) is 3.90. The van der Waals surface area contributed by atoms with Gasteiger partial charge in [-0.25, -0.2) is 4.98 Å². The van der Waals surface area contributed by atoms with Crippen LogP contribution < -0.4 is 4.90 Å². The Balaban J connectivity index is 2.92. The Morgan fingerprint density at radius 1 is 1.53 bits per heavy atom. The second kappa shape index (κ2) is 6.67. The van der Waals surface area contributed by atoms with E-state index in [1.807, 2.05) is 6.92 Å². The average molecular weight is 267 g/mol. The monoisotopic (exact) mass is 267 g/mol. The van der Waals surface area contributed by atoms with Crippen LogP contribution in [0.2, 0.25) is 0 Å². The van der Waals surface area contributed by atoms with Crippen molar-refractivity contribution in [3.05, 3.63) is 27.9 Å². The first-order valence-electron chi connectivity index (χ1n) is 6.01. The van der Waals surface area contributed by atoms with E-state index in [9.17, 15) is 14.9 Å². The number of nitrogens with zero attached hydrogens (tertiary/aromatic N) is 3. The normalized spacial score (nSPS) is 10.1. The third-order valence-electron chi connectivity index (χ3n) is 2.55. The van der Waals surface area contributed by atoms with Crippen LogP contribution in [0.3, 0.4) is 0 Å². The Morgan fingerprint density at radius 3 is 2.68 bits per heavy atom. The molecule has 0 amide bonds. The SMILES string of the molecule is CCOC(=O)CN(CC)c1ncc([N+](=O)[O-])cc1C. The van der Waals surface area contributed by atoms with E-state index in [4.69, 9.17) is 4.74 Å². The van der Waals surface area contributed by atoms with Gasteiger partial charge in [-0.15, -0.1) is 0 Å². The van der Waals surface area contributed by atoms with Gasteiger partial charge in [0.15, 0.2) is 0 Å². The smallest absolute Gasteiger partial charge is 0.325 e. The molecule has 0 N–H and O–H groups in total. The summed E-state index contributed by atoms with van der Waals surface area (Å²) in [5.74, 6) is 0.213. The van der Waals surface area contributed by atoms with Gasteiger partial charge in [-0.1, -0.05) is 0 Å². The van der Waals surface area contributed by atoms with E-state index in [1.54, 1.807) is 18.7 Å². The number of carbonyl (C=O) groups excluding carboxylic acids is 1. The highest BCUT2D eigenvalue weighted by molar-refractivity contribution is 5.75. The fraction of sp³-hybridized carbons (Fsp3) is 0.500. The quantitative estimate of drug-likeness (QED) is 0.443. The number of aromatic nitrogens is 1. The van der Waals surface area contributed by atoms with Gasteiger partial charge in [-0.3, -0.25) is 14.9 Å². The van der Waals surface area contributed by atoms with E-state index in [0.29, 0.717) is 24.5 Å². The van der Waals surface area contributed by atoms with Crippen LogP contribution in [0.5, 0.6) is 0 Å². The molecule has 7 nitrogen and oxygen atoms in total. The van der Waals surface area contributed by atoms with Crippen molar-refractivity contribution < 1.29 is 14.5 Å². The van der Waals surface area contributed by atoms with Gasteiger partial charge in [-0.2, -0.15) is 0 Å². The van der Waals surface area contributed by atoms with Crippen molar-refractivity contribution in [3.63, 3.8) is 0 Å². The van der Waals surface area contributed by atoms with Gasteiger partial charge < -0.3 is 9.64 Å². The Labute approximate surface area is 111 Å². The molecule has 1 aromatic rings. The summed E-state index contributed by atoms with van der Waals surface area (Å²) < 4.78 is 4.88. The molecule has 19 heavy (non-hydrogen) atoms. The zero-order chi connectivity index (χ0) is 14.4. The second-order valence-corrected chi connectivity index (χ2v) is 3.91. The molecule has 0 saturated heterocycles. The van der Waals surface area contributed by atoms with Crippen molar-refractivity contribution in [1.82, 2.24) is 4.98 Å². The van der Waals surface area contributed by atoms with E-state index in [2.05, 4.69) is 4.98 Å². The Kier molecular flexibility index (Phi) is 5.23. The zero-order valence-corrected chi connectivity index (χ0v) is 11.3. The van der Waals surface area contributed by atoms with Crippen molar-refractivity contribution in [1.29, 1.82) is 0 Å². The van der Waals surface area contributed by atoms with Crippen molar-refractivity contribution in [2.75, 3.05) is 24.6 Å². The number of hydrogen-bond donors (Lipinski definition) is 0. The summed E-state index contributed by atoms with van der Waals surface area (Å²) in [6, 6.07) is 1.44. The van der Waals surface area contributed by atoms with Crippen LogP contribution in [0.4, 0.5) is 11.5 Å². The summed E-state index contributed by atoms with van der Waals surface area (Å²) in [6.07, 6.45) is 1.19. The maximum Gasteiger partial charge on any atom is 0.325 e. The van der Waals surface area contributed by atoms with Crippen LogP contribution >= 0.6 is 0 Å². The van der Waals surface area contributed by atoms with Gasteiger partial charge >= 0.3 is 5.97 Å². The largest absolute Gasteiger partial charge is 0.465 e. The Morgan fingerprint density at radius 2 is 2.21 bits per heavy atom. The number of rotatable bonds is 6. The van der Waals surface area contributed by atoms with Crippen LogP contribution in [-0.4, -0.2) is 35.6 Å². The molecule has 0 bridgehead atoms. The van der Waals surface area contributed by atoms with Crippen LogP contribution in [-0.2, 0) is 9.53 Å². The molecule has 0 fully saturated rings. The second-order valence-electron chi connectivity index (χ2n) is 3.91. The summed E-state index contributed by atoms with van der Waals surface area (Å²) in [7, 11) is 0. The number of anilines is 1. The molecule has 0 spiro atoms. The third-order valence-corrected chi connectivity index (χ3v) is 2.55. The topological polar surface area (TPSA) is 85.6 Å². The van der Waals surface area contributed by atoms with Gasteiger partial charge in [0.2, 0.25) is 0 Å². The molecule has 0 aliphatic rings. The average Bonchev–Trinajstić information content (AvgIpc) is 2.36. The number of nitro groups is 1. The van der Waals surface area contributed by atoms with Crippen molar-refractivity contribution in [3.8, 4) is 0 Å². The highest BCUT2D eigenvalue weighted by Crippen LogP contribution is 2.21. The van der Waals surface area contributed by atoms with E-state index in [1.165, 1.54) is 12.3 Å². The Hall–Kier alpha value is -2.18. The van der Waals surface area contributed by atoms with Gasteiger partial charge in [0.05, 0.1) is 11.5 Å². The molecular formula is C12H17N3O4. The van der Waals surface area contributed by atoms with Gasteiger partial charge in [0.25, 0.3) is 5.69 Å². The summed E-state index contributed by atoms with van der Waals surface area (Å²) in [5, 5.41) is 10.6. The summed E-state index contributed by atoms with van der Waals surface area (Å²) in [4.78, 5) is 27.4. The molecule has 7 heteroatoms. The first-order chi connectivity index (χ1) is 8.99. The predicted molar refractivity (Wildman–Crippen MR) is 70.1 cm³/mol. The zero-order valence-electron chi connectivity index (χ0n) is 11.3. The molecule has 104 valence electrons. The van der Waals surface area contributed by atoms with Crippen molar-refractivity contribution in [2.45, 2.75) is 20.8 Å². The van der Waals surface area contributed by atoms with Crippen LogP contribution in [0.25, 0.3) is 0 Å². The minimum atomic E-state index is -0.495. The molecule has 0 aliphatic carbocycles. The number of pyridine rings is 1. The maximum absolute atomic E-state index is 11.5. The van der Waals surface area contributed by atoms with Crippen LogP contribution in [0.15, 0.2) is 12.3 Å². The lowest BCUT2D eigenvalue weighted by Gasteiger charge is -2.22. The van der Waals surface area contributed by atoms with E-state index >= 15 is 0 Å². The molecule has 0 saturated carbocycles. The lowest BCUT2D eigenvalue weighted by atomic mass is 10.2.